The molecule has 1 fully saturated rings. The number of carbonyl (C=O) groups excluding carboxylic acids is 1. The van der Waals surface area contributed by atoms with Crippen LogP contribution >= 0.6 is 15.9 Å². The number of halogens is 1. The van der Waals surface area contributed by atoms with Gasteiger partial charge in [-0.3, -0.25) is 4.79 Å². The zero-order valence-electron chi connectivity index (χ0n) is 12.3. The maximum atomic E-state index is 12.9. The molecule has 0 spiro atoms. The van der Waals surface area contributed by atoms with Crippen molar-refractivity contribution in [2.45, 2.75) is 38.6 Å². The van der Waals surface area contributed by atoms with E-state index in [0.29, 0.717) is 17.8 Å². The van der Waals surface area contributed by atoms with Crippen molar-refractivity contribution in [1.82, 2.24) is 9.88 Å². The van der Waals surface area contributed by atoms with Gasteiger partial charge in [-0.15, -0.1) is 0 Å². The fraction of sp³-hybridized carbons (Fsp3) is 0.600. The van der Waals surface area contributed by atoms with E-state index in [1.807, 2.05) is 17.9 Å². The van der Waals surface area contributed by atoms with Gasteiger partial charge in [0.05, 0.1) is 5.56 Å². The van der Waals surface area contributed by atoms with Gasteiger partial charge in [0.25, 0.3) is 5.91 Å². The van der Waals surface area contributed by atoms with Crippen LogP contribution in [0.25, 0.3) is 0 Å². The van der Waals surface area contributed by atoms with Gasteiger partial charge >= 0.3 is 0 Å². The molecule has 5 nitrogen and oxygen atoms in total. The second kappa shape index (κ2) is 7.75. The molecule has 0 aromatic carbocycles. The van der Waals surface area contributed by atoms with Gasteiger partial charge < -0.3 is 15.3 Å². The zero-order valence-corrected chi connectivity index (χ0v) is 13.9. The number of hydrogen-bond acceptors (Lipinski definition) is 4. The van der Waals surface area contributed by atoms with Crippen LogP contribution in [-0.4, -0.2) is 46.6 Å². The van der Waals surface area contributed by atoms with Crippen LogP contribution in [0.5, 0.6) is 0 Å². The lowest BCUT2D eigenvalue weighted by molar-refractivity contribution is 0.0575. The summed E-state index contributed by atoms with van der Waals surface area (Å²) in [5.74, 6) is 0.622. The summed E-state index contributed by atoms with van der Waals surface area (Å²) in [6, 6.07) is 1.95. The molecule has 0 saturated carbocycles. The molecule has 0 radical (unpaired) electrons. The molecule has 1 atom stereocenters. The van der Waals surface area contributed by atoms with E-state index in [4.69, 9.17) is 0 Å². The lowest BCUT2D eigenvalue weighted by Gasteiger charge is -2.36. The van der Waals surface area contributed by atoms with Crippen molar-refractivity contribution in [2.24, 2.45) is 0 Å². The summed E-state index contributed by atoms with van der Waals surface area (Å²) in [6.07, 6.45) is 5.43. The number of nitrogens with one attached hydrogen (secondary N) is 1. The predicted molar refractivity (Wildman–Crippen MR) is 86.5 cm³/mol. The Hall–Kier alpha value is -1.14. The Kier molecular flexibility index (Phi) is 5.99. The summed E-state index contributed by atoms with van der Waals surface area (Å²) in [5, 5.41) is 12.3. The predicted octanol–water partition coefficient (Wildman–Crippen LogP) is 2.65. The Morgan fingerprint density at radius 3 is 3.10 bits per heavy atom. The molecular formula is C15H22BrN3O2. The molecule has 2 N–H and O–H groups in total. The highest BCUT2D eigenvalue weighted by Gasteiger charge is 2.28. The van der Waals surface area contributed by atoms with Gasteiger partial charge in [-0.2, -0.15) is 0 Å². The molecule has 1 aromatic heterocycles. The Bertz CT molecular complexity index is 494. The molecule has 1 aromatic rings. The third kappa shape index (κ3) is 3.95. The summed E-state index contributed by atoms with van der Waals surface area (Å²) >= 11 is 3.38. The number of pyridine rings is 1. The fourth-order valence-corrected chi connectivity index (χ4v) is 3.11. The topological polar surface area (TPSA) is 65.5 Å². The van der Waals surface area contributed by atoms with Crippen LogP contribution in [0.1, 0.15) is 43.0 Å². The molecule has 1 saturated heterocycles. The number of hydrogen-bond donors (Lipinski definition) is 2. The average Bonchev–Trinajstić information content (AvgIpc) is 2.49. The Morgan fingerprint density at radius 1 is 1.57 bits per heavy atom. The number of aromatic nitrogens is 1. The number of aliphatic hydroxyl groups excluding tert-OH is 1. The van der Waals surface area contributed by atoms with E-state index in [0.717, 1.165) is 36.8 Å². The number of anilines is 1. The van der Waals surface area contributed by atoms with Gasteiger partial charge in [-0.1, -0.05) is 0 Å². The highest BCUT2D eigenvalue weighted by molar-refractivity contribution is 9.10. The van der Waals surface area contributed by atoms with Crippen LogP contribution < -0.4 is 5.32 Å². The normalized spacial score (nSPS) is 18.6. The minimum Gasteiger partial charge on any atom is -0.396 e. The van der Waals surface area contributed by atoms with Crippen molar-refractivity contribution >= 4 is 27.7 Å². The standard InChI is InChI=1S/C15H22BrN3O2/c1-2-17-14-13(9-11(16)10-18-14)15(21)19-7-4-3-5-12(19)6-8-20/h9-10,12,20H,2-8H2,1H3,(H,17,18). The van der Waals surface area contributed by atoms with E-state index in [1.165, 1.54) is 0 Å². The van der Waals surface area contributed by atoms with Crippen molar-refractivity contribution in [3.63, 3.8) is 0 Å². The number of nitrogens with zero attached hydrogens (tertiary/aromatic N) is 2. The number of amides is 1. The van der Waals surface area contributed by atoms with Crippen molar-refractivity contribution in [3.05, 3.63) is 22.3 Å². The zero-order chi connectivity index (χ0) is 15.2. The van der Waals surface area contributed by atoms with E-state index in [1.54, 1.807) is 6.20 Å². The molecule has 1 amide bonds. The monoisotopic (exact) mass is 355 g/mol. The quantitative estimate of drug-likeness (QED) is 0.851. The van der Waals surface area contributed by atoms with Crippen LogP contribution in [0.2, 0.25) is 0 Å². The van der Waals surface area contributed by atoms with Gasteiger partial charge in [-0.25, -0.2) is 4.98 Å². The van der Waals surface area contributed by atoms with Crippen LogP contribution in [0.3, 0.4) is 0 Å². The van der Waals surface area contributed by atoms with Gasteiger partial charge in [0, 0.05) is 36.4 Å². The SMILES string of the molecule is CCNc1ncc(Br)cc1C(=O)N1CCCCC1CCO. The van der Waals surface area contributed by atoms with Gasteiger partial charge in [0.15, 0.2) is 0 Å². The molecule has 1 aliphatic heterocycles. The number of likely N-dealkylation sites (tertiary alicyclic amines) is 1. The minimum atomic E-state index is -0.00194. The largest absolute Gasteiger partial charge is 0.396 e. The second-order valence-electron chi connectivity index (χ2n) is 5.24. The summed E-state index contributed by atoms with van der Waals surface area (Å²) in [5.41, 5.74) is 0.594. The van der Waals surface area contributed by atoms with Gasteiger partial charge in [0.1, 0.15) is 5.82 Å². The highest BCUT2D eigenvalue weighted by atomic mass is 79.9. The van der Waals surface area contributed by atoms with Crippen molar-refractivity contribution < 1.29 is 9.90 Å². The third-order valence-electron chi connectivity index (χ3n) is 3.78. The van der Waals surface area contributed by atoms with Crippen molar-refractivity contribution in [2.75, 3.05) is 25.0 Å². The number of piperidine rings is 1. The van der Waals surface area contributed by atoms with E-state index >= 15 is 0 Å². The molecule has 0 bridgehead atoms. The van der Waals surface area contributed by atoms with Crippen molar-refractivity contribution in [1.29, 1.82) is 0 Å². The van der Waals surface area contributed by atoms with Crippen LogP contribution in [0, 0.1) is 0 Å². The van der Waals surface area contributed by atoms with E-state index in [9.17, 15) is 9.90 Å². The molecule has 1 unspecified atom stereocenters. The van der Waals surface area contributed by atoms with Crippen molar-refractivity contribution in [3.8, 4) is 0 Å². The maximum Gasteiger partial charge on any atom is 0.257 e. The Labute approximate surface area is 133 Å². The van der Waals surface area contributed by atoms with Crippen LogP contribution in [0.15, 0.2) is 16.7 Å². The first-order valence-corrected chi connectivity index (χ1v) is 8.28. The first-order chi connectivity index (χ1) is 10.2. The smallest absolute Gasteiger partial charge is 0.257 e. The van der Waals surface area contributed by atoms with E-state index < -0.39 is 0 Å². The Morgan fingerprint density at radius 2 is 2.38 bits per heavy atom. The maximum absolute atomic E-state index is 12.9. The lowest BCUT2D eigenvalue weighted by atomic mass is 9.98. The number of aliphatic hydroxyl groups is 1. The van der Waals surface area contributed by atoms with E-state index in [2.05, 4.69) is 26.2 Å². The van der Waals surface area contributed by atoms with E-state index in [-0.39, 0.29) is 18.6 Å². The summed E-state index contributed by atoms with van der Waals surface area (Å²) < 4.78 is 0.795. The number of carbonyl (C=O) groups is 1. The Balaban J connectivity index is 2.26. The first-order valence-electron chi connectivity index (χ1n) is 7.48. The van der Waals surface area contributed by atoms with Gasteiger partial charge in [-0.05, 0) is 54.6 Å². The molecule has 2 rings (SSSR count). The third-order valence-corrected chi connectivity index (χ3v) is 4.21. The first kappa shape index (κ1) is 16.2. The summed E-state index contributed by atoms with van der Waals surface area (Å²) in [6.45, 7) is 3.56. The molecule has 116 valence electrons. The molecule has 2 heterocycles. The average molecular weight is 356 g/mol. The van der Waals surface area contributed by atoms with Crippen LogP contribution in [0.4, 0.5) is 5.82 Å². The molecule has 0 aliphatic carbocycles. The molecule has 1 aliphatic rings. The van der Waals surface area contributed by atoms with Gasteiger partial charge in [0.2, 0.25) is 0 Å². The lowest BCUT2D eigenvalue weighted by Crippen LogP contribution is -2.44. The van der Waals surface area contributed by atoms with Crippen LogP contribution in [-0.2, 0) is 0 Å². The highest BCUT2D eigenvalue weighted by Crippen LogP contribution is 2.25. The minimum absolute atomic E-state index is 0.00194. The molecular weight excluding hydrogens is 334 g/mol. The summed E-state index contributed by atoms with van der Waals surface area (Å²) in [7, 11) is 0. The fourth-order valence-electron chi connectivity index (χ4n) is 2.78. The number of rotatable bonds is 5. The molecule has 21 heavy (non-hydrogen) atoms. The second-order valence-corrected chi connectivity index (χ2v) is 6.16. The summed E-state index contributed by atoms with van der Waals surface area (Å²) in [4.78, 5) is 19.1. The molecule has 6 heteroatoms.